The molecule has 2 atom stereocenters. The third kappa shape index (κ3) is 3.16. The molecule has 7 heteroatoms. The molecule has 2 unspecified atom stereocenters. The first kappa shape index (κ1) is 14.1. The molecule has 0 bridgehead atoms. The summed E-state index contributed by atoms with van der Waals surface area (Å²) in [6, 6.07) is 0. The Kier molecular flexibility index (Phi) is 4.26. The lowest BCUT2D eigenvalue weighted by atomic mass is 9.97. The van der Waals surface area contributed by atoms with Gasteiger partial charge in [0, 0.05) is 10.9 Å². The second-order valence-electron chi connectivity index (χ2n) is 4.66. The van der Waals surface area contributed by atoms with Gasteiger partial charge >= 0.3 is 11.7 Å². The predicted octanol–water partition coefficient (Wildman–Crippen LogP) is 1.17. The van der Waals surface area contributed by atoms with Crippen molar-refractivity contribution in [1.29, 1.82) is 0 Å². The van der Waals surface area contributed by atoms with E-state index in [9.17, 15) is 19.8 Å². The Bertz CT molecular complexity index is 543. The summed E-state index contributed by atoms with van der Waals surface area (Å²) in [7, 11) is 0. The highest BCUT2D eigenvalue weighted by Gasteiger charge is 2.27. The highest BCUT2D eigenvalue weighted by atomic mass is 32.2. The molecule has 0 aliphatic heterocycles. The van der Waals surface area contributed by atoms with Gasteiger partial charge in [-0.15, -0.1) is 0 Å². The van der Waals surface area contributed by atoms with Gasteiger partial charge < -0.3 is 15.2 Å². The van der Waals surface area contributed by atoms with Gasteiger partial charge in [-0.3, -0.25) is 0 Å². The topological polar surface area (TPSA) is 103 Å². The van der Waals surface area contributed by atoms with Crippen molar-refractivity contribution in [3.63, 3.8) is 0 Å². The Labute approximate surface area is 114 Å². The molecule has 0 radical (unpaired) electrons. The van der Waals surface area contributed by atoms with E-state index in [1.165, 1.54) is 18.7 Å². The van der Waals surface area contributed by atoms with E-state index in [-0.39, 0.29) is 15.8 Å². The van der Waals surface area contributed by atoms with E-state index in [2.05, 4.69) is 9.97 Å². The van der Waals surface area contributed by atoms with Gasteiger partial charge in [-0.25, -0.2) is 9.59 Å². The highest BCUT2D eigenvalue weighted by molar-refractivity contribution is 8.00. The van der Waals surface area contributed by atoms with E-state index < -0.39 is 17.8 Å². The van der Waals surface area contributed by atoms with Crippen LogP contribution in [0, 0.1) is 6.92 Å². The molecule has 2 rings (SSSR count). The van der Waals surface area contributed by atoms with Crippen molar-refractivity contribution in [2.75, 3.05) is 0 Å². The molecular formula is C12H16N2O4S. The van der Waals surface area contributed by atoms with Crippen LogP contribution < -0.4 is 5.69 Å². The van der Waals surface area contributed by atoms with Crippen molar-refractivity contribution in [2.45, 2.75) is 49.0 Å². The fourth-order valence-electron chi connectivity index (χ4n) is 2.25. The fourth-order valence-corrected chi connectivity index (χ4v) is 3.61. The van der Waals surface area contributed by atoms with Gasteiger partial charge in [0.2, 0.25) is 0 Å². The van der Waals surface area contributed by atoms with Crippen molar-refractivity contribution < 1.29 is 15.0 Å². The summed E-state index contributed by atoms with van der Waals surface area (Å²) in [6.45, 7) is 1.54. The zero-order valence-corrected chi connectivity index (χ0v) is 11.4. The third-order valence-corrected chi connectivity index (χ3v) is 4.60. The summed E-state index contributed by atoms with van der Waals surface area (Å²) >= 11 is 1.19. The van der Waals surface area contributed by atoms with Gasteiger partial charge in [0.05, 0.1) is 6.10 Å². The molecule has 1 aliphatic carbocycles. The largest absolute Gasteiger partial charge is 0.478 e. The minimum absolute atomic E-state index is 0.0161. The first-order valence-corrected chi connectivity index (χ1v) is 7.06. The van der Waals surface area contributed by atoms with E-state index in [0.717, 1.165) is 19.3 Å². The standard InChI is InChI=1S/C12H16N2O4S/c1-6-9(11(16)17)10(14-12(18)13-6)19-8-5-3-2-4-7(8)15/h7-8,15H,2-5H2,1H3,(H,16,17)(H,13,14,18). The Morgan fingerprint density at radius 2 is 2.11 bits per heavy atom. The SMILES string of the molecule is Cc1[nH]c(=O)nc(SC2CCCCC2O)c1C(=O)O. The average molecular weight is 284 g/mol. The second-order valence-corrected chi connectivity index (χ2v) is 5.89. The highest BCUT2D eigenvalue weighted by Crippen LogP contribution is 2.34. The maximum absolute atomic E-state index is 11.4. The molecule has 0 spiro atoms. The van der Waals surface area contributed by atoms with Crippen molar-refractivity contribution >= 4 is 17.7 Å². The first-order valence-electron chi connectivity index (χ1n) is 6.18. The number of aromatic amines is 1. The molecule has 19 heavy (non-hydrogen) atoms. The normalized spacial score (nSPS) is 23.3. The van der Waals surface area contributed by atoms with Gasteiger partial charge in [-0.2, -0.15) is 4.98 Å². The Hall–Kier alpha value is -1.34. The van der Waals surface area contributed by atoms with Crippen LogP contribution in [0.4, 0.5) is 0 Å². The molecular weight excluding hydrogens is 268 g/mol. The van der Waals surface area contributed by atoms with Crippen molar-refractivity contribution in [3.05, 3.63) is 21.7 Å². The molecule has 1 aliphatic rings. The summed E-state index contributed by atoms with van der Waals surface area (Å²) in [5.74, 6) is -1.12. The van der Waals surface area contributed by atoms with Crippen LogP contribution >= 0.6 is 11.8 Å². The molecule has 0 saturated heterocycles. The number of aromatic nitrogens is 2. The zero-order valence-electron chi connectivity index (χ0n) is 10.5. The number of rotatable bonds is 3. The first-order chi connectivity index (χ1) is 8.99. The quantitative estimate of drug-likeness (QED) is 0.720. The maximum atomic E-state index is 11.4. The zero-order chi connectivity index (χ0) is 14.0. The molecule has 1 aromatic rings. The van der Waals surface area contributed by atoms with Crippen LogP contribution in [0.2, 0.25) is 0 Å². The number of H-pyrrole nitrogens is 1. The average Bonchev–Trinajstić information content (AvgIpc) is 2.30. The number of hydrogen-bond acceptors (Lipinski definition) is 5. The number of aromatic carboxylic acids is 1. The molecule has 1 saturated carbocycles. The molecule has 1 aromatic heterocycles. The van der Waals surface area contributed by atoms with Gasteiger partial charge in [0.1, 0.15) is 10.6 Å². The van der Waals surface area contributed by atoms with E-state index in [4.69, 9.17) is 0 Å². The van der Waals surface area contributed by atoms with Crippen molar-refractivity contribution in [3.8, 4) is 0 Å². The summed E-state index contributed by atoms with van der Waals surface area (Å²) in [6.07, 6.45) is 3.02. The lowest BCUT2D eigenvalue weighted by Gasteiger charge is -2.26. The molecule has 1 fully saturated rings. The monoisotopic (exact) mass is 284 g/mol. The van der Waals surface area contributed by atoms with Crippen LogP contribution in [0.15, 0.2) is 9.82 Å². The minimum Gasteiger partial charge on any atom is -0.478 e. The van der Waals surface area contributed by atoms with Gasteiger partial charge in [0.25, 0.3) is 0 Å². The number of carbonyl (C=O) groups is 1. The summed E-state index contributed by atoms with van der Waals surface area (Å²) in [5, 5.41) is 19.2. The Morgan fingerprint density at radius 3 is 2.74 bits per heavy atom. The van der Waals surface area contributed by atoms with Crippen LogP contribution in [0.3, 0.4) is 0 Å². The minimum atomic E-state index is -1.12. The second kappa shape index (κ2) is 5.75. The molecule has 1 heterocycles. The number of aryl methyl sites for hydroxylation is 1. The van der Waals surface area contributed by atoms with E-state index >= 15 is 0 Å². The van der Waals surface area contributed by atoms with Crippen molar-refractivity contribution in [2.24, 2.45) is 0 Å². The molecule has 0 amide bonds. The number of carboxylic acid groups (broad SMARTS) is 1. The summed E-state index contributed by atoms with van der Waals surface area (Å²) in [5.41, 5.74) is -0.252. The van der Waals surface area contributed by atoms with E-state index in [1.807, 2.05) is 0 Å². The third-order valence-electron chi connectivity index (χ3n) is 3.23. The number of nitrogens with zero attached hydrogens (tertiary/aromatic N) is 1. The van der Waals surface area contributed by atoms with Gasteiger partial charge in [-0.1, -0.05) is 24.6 Å². The Morgan fingerprint density at radius 1 is 1.42 bits per heavy atom. The van der Waals surface area contributed by atoms with Crippen LogP contribution in [-0.2, 0) is 0 Å². The van der Waals surface area contributed by atoms with E-state index in [1.54, 1.807) is 0 Å². The smallest absolute Gasteiger partial charge is 0.346 e. The maximum Gasteiger partial charge on any atom is 0.346 e. The number of carboxylic acids is 1. The Balaban J connectivity index is 2.33. The number of nitrogens with one attached hydrogen (secondary N) is 1. The van der Waals surface area contributed by atoms with Gasteiger partial charge in [-0.05, 0) is 19.8 Å². The van der Waals surface area contributed by atoms with Crippen LogP contribution in [0.1, 0.15) is 41.7 Å². The molecule has 6 nitrogen and oxygen atoms in total. The van der Waals surface area contributed by atoms with Crippen LogP contribution in [-0.4, -0.2) is 37.5 Å². The van der Waals surface area contributed by atoms with Gasteiger partial charge in [0.15, 0.2) is 0 Å². The number of thioether (sulfide) groups is 1. The van der Waals surface area contributed by atoms with Crippen LogP contribution in [0.25, 0.3) is 0 Å². The number of aliphatic hydroxyl groups excluding tert-OH is 1. The summed E-state index contributed by atoms with van der Waals surface area (Å²) in [4.78, 5) is 28.7. The number of hydrogen-bond donors (Lipinski definition) is 3. The lowest BCUT2D eigenvalue weighted by Crippen LogP contribution is -2.28. The fraction of sp³-hybridized carbons (Fsp3) is 0.583. The van der Waals surface area contributed by atoms with Crippen molar-refractivity contribution in [1.82, 2.24) is 9.97 Å². The lowest BCUT2D eigenvalue weighted by molar-refractivity contribution is 0.0690. The van der Waals surface area contributed by atoms with E-state index in [0.29, 0.717) is 12.1 Å². The predicted molar refractivity (Wildman–Crippen MR) is 70.7 cm³/mol. The molecule has 0 aromatic carbocycles. The van der Waals surface area contributed by atoms with Crippen LogP contribution in [0.5, 0.6) is 0 Å². The number of aliphatic hydroxyl groups is 1. The molecule has 104 valence electrons. The summed E-state index contributed by atoms with van der Waals surface area (Å²) < 4.78 is 0. The molecule has 3 N–H and O–H groups in total.